The molecule has 0 bridgehead atoms. The van der Waals surface area contributed by atoms with E-state index in [-0.39, 0.29) is 40.1 Å². The second kappa shape index (κ2) is 7.22. The van der Waals surface area contributed by atoms with Gasteiger partial charge in [-0.1, -0.05) is 18.5 Å². The van der Waals surface area contributed by atoms with Gasteiger partial charge in [0.1, 0.15) is 0 Å². The highest BCUT2D eigenvalue weighted by Crippen LogP contribution is 2.24. The van der Waals surface area contributed by atoms with Crippen molar-refractivity contribution in [3.8, 4) is 0 Å². The molecule has 0 heterocycles. The Balaban J connectivity index is 3.11. The van der Waals surface area contributed by atoms with Gasteiger partial charge in [0, 0.05) is 18.2 Å². The van der Waals surface area contributed by atoms with E-state index >= 15 is 0 Å². The maximum absolute atomic E-state index is 12.3. The van der Waals surface area contributed by atoms with Crippen LogP contribution in [0.2, 0.25) is 5.02 Å². The third-order valence-corrected chi connectivity index (χ3v) is 4.86. The van der Waals surface area contributed by atoms with E-state index in [2.05, 4.69) is 4.72 Å². The number of hydrogen-bond acceptors (Lipinski definition) is 4. The Bertz CT molecular complexity index is 630. The van der Waals surface area contributed by atoms with Gasteiger partial charge in [-0.3, -0.25) is 0 Å². The largest absolute Gasteiger partial charge is 0.478 e. The van der Waals surface area contributed by atoms with Gasteiger partial charge in [0.05, 0.1) is 10.5 Å². The second-order valence-corrected chi connectivity index (χ2v) is 7.02. The van der Waals surface area contributed by atoms with Crippen LogP contribution in [0.3, 0.4) is 0 Å². The maximum atomic E-state index is 12.3. The molecule has 0 saturated carbocycles. The number of aliphatic hydroxyl groups is 1. The van der Waals surface area contributed by atoms with E-state index in [1.165, 1.54) is 19.1 Å². The fourth-order valence-electron chi connectivity index (χ4n) is 1.81. The van der Waals surface area contributed by atoms with Crippen LogP contribution in [-0.4, -0.2) is 37.8 Å². The molecule has 0 fully saturated rings. The monoisotopic (exact) mass is 335 g/mol. The van der Waals surface area contributed by atoms with Crippen molar-refractivity contribution >= 4 is 27.6 Å². The molecule has 1 rings (SSSR count). The number of aliphatic hydroxyl groups excluding tert-OH is 1. The molecule has 1 aromatic carbocycles. The van der Waals surface area contributed by atoms with Crippen molar-refractivity contribution in [3.05, 3.63) is 28.3 Å². The van der Waals surface area contributed by atoms with Gasteiger partial charge in [-0.2, -0.15) is 0 Å². The van der Waals surface area contributed by atoms with Crippen molar-refractivity contribution in [2.75, 3.05) is 13.2 Å². The van der Waals surface area contributed by atoms with E-state index in [9.17, 15) is 13.2 Å². The van der Waals surface area contributed by atoms with Gasteiger partial charge in [0.15, 0.2) is 0 Å². The van der Waals surface area contributed by atoms with E-state index in [4.69, 9.17) is 21.8 Å². The van der Waals surface area contributed by atoms with Crippen molar-refractivity contribution in [2.24, 2.45) is 5.92 Å². The zero-order valence-electron chi connectivity index (χ0n) is 11.8. The van der Waals surface area contributed by atoms with E-state index in [0.29, 0.717) is 6.42 Å². The van der Waals surface area contributed by atoms with Gasteiger partial charge < -0.3 is 10.2 Å². The normalized spacial score (nSPS) is 13.1. The van der Waals surface area contributed by atoms with E-state index in [1.54, 1.807) is 6.92 Å². The van der Waals surface area contributed by atoms with Crippen LogP contribution in [0.25, 0.3) is 0 Å². The maximum Gasteiger partial charge on any atom is 0.336 e. The van der Waals surface area contributed by atoms with Gasteiger partial charge in [-0.15, -0.1) is 0 Å². The minimum absolute atomic E-state index is 0.0255. The smallest absolute Gasteiger partial charge is 0.336 e. The lowest BCUT2D eigenvalue weighted by atomic mass is 10.1. The molecule has 0 aliphatic carbocycles. The lowest BCUT2D eigenvalue weighted by Crippen LogP contribution is -2.29. The summed E-state index contributed by atoms with van der Waals surface area (Å²) in [6.07, 6.45) is 0.470. The molecule has 1 atom stereocenters. The molecule has 0 aromatic heterocycles. The molecule has 8 heteroatoms. The number of hydrogen-bond donors (Lipinski definition) is 3. The number of aromatic carboxylic acids is 1. The Kier molecular flexibility index (Phi) is 6.15. The molecule has 0 radical (unpaired) electrons. The average Bonchev–Trinajstić information content (AvgIpc) is 2.39. The number of carboxylic acids is 1. The lowest BCUT2D eigenvalue weighted by molar-refractivity contribution is 0.0695. The van der Waals surface area contributed by atoms with Gasteiger partial charge in [-0.25, -0.2) is 17.9 Å². The molecule has 0 saturated heterocycles. The van der Waals surface area contributed by atoms with Gasteiger partial charge in [0.2, 0.25) is 10.0 Å². The molecule has 0 amide bonds. The topological polar surface area (TPSA) is 104 Å². The Labute approximate surface area is 128 Å². The molecular formula is C13H18ClNO5S. The molecule has 0 aliphatic rings. The fraction of sp³-hybridized carbons (Fsp3) is 0.462. The summed E-state index contributed by atoms with van der Waals surface area (Å²) in [5.74, 6) is -1.27. The highest BCUT2D eigenvalue weighted by Gasteiger charge is 2.22. The van der Waals surface area contributed by atoms with E-state index in [0.717, 1.165) is 0 Å². The Morgan fingerprint density at radius 2 is 2.05 bits per heavy atom. The van der Waals surface area contributed by atoms with Crippen LogP contribution in [0.5, 0.6) is 0 Å². The molecule has 118 valence electrons. The molecule has 1 unspecified atom stereocenters. The summed E-state index contributed by atoms with van der Waals surface area (Å²) in [6.45, 7) is 3.34. The summed E-state index contributed by atoms with van der Waals surface area (Å²) in [4.78, 5) is 11.0. The summed E-state index contributed by atoms with van der Waals surface area (Å²) in [5, 5.41) is 17.9. The summed E-state index contributed by atoms with van der Waals surface area (Å²) in [5.41, 5.74) is -0.0134. The number of sulfonamides is 1. The van der Waals surface area contributed by atoms with Gasteiger partial charge >= 0.3 is 5.97 Å². The quantitative estimate of drug-likeness (QED) is 0.702. The van der Waals surface area contributed by atoms with Crippen molar-refractivity contribution < 1.29 is 23.4 Å². The van der Waals surface area contributed by atoms with Crippen LogP contribution in [0.15, 0.2) is 17.0 Å². The zero-order chi connectivity index (χ0) is 16.2. The predicted molar refractivity (Wildman–Crippen MR) is 79.2 cm³/mol. The zero-order valence-corrected chi connectivity index (χ0v) is 13.3. The minimum Gasteiger partial charge on any atom is -0.478 e. The highest BCUT2D eigenvalue weighted by atomic mass is 35.5. The Hall–Kier alpha value is -1.15. The first kappa shape index (κ1) is 17.9. The Morgan fingerprint density at radius 3 is 2.57 bits per heavy atom. The van der Waals surface area contributed by atoms with Crippen LogP contribution in [-0.2, 0) is 10.0 Å². The number of nitrogens with one attached hydrogen (secondary N) is 1. The van der Waals surface area contributed by atoms with Crippen LogP contribution >= 0.6 is 11.6 Å². The number of rotatable bonds is 7. The highest BCUT2D eigenvalue weighted by molar-refractivity contribution is 7.89. The van der Waals surface area contributed by atoms with Crippen molar-refractivity contribution in [3.63, 3.8) is 0 Å². The number of benzene rings is 1. The lowest BCUT2D eigenvalue weighted by Gasteiger charge is -2.14. The molecule has 0 spiro atoms. The first-order valence-corrected chi connectivity index (χ1v) is 8.19. The molecule has 1 aromatic rings. The van der Waals surface area contributed by atoms with Crippen molar-refractivity contribution in [2.45, 2.75) is 25.2 Å². The first-order chi connectivity index (χ1) is 9.69. The summed E-state index contributed by atoms with van der Waals surface area (Å²) >= 11 is 5.80. The summed E-state index contributed by atoms with van der Waals surface area (Å²) in [6, 6.07) is 2.44. The fourth-order valence-corrected chi connectivity index (χ4v) is 3.54. The van der Waals surface area contributed by atoms with Gasteiger partial charge in [0.25, 0.3) is 0 Å². The standard InChI is InChI=1S/C13H18ClNO5S/c1-8(3-4-16)7-15-21(19,20)12-6-10(14)5-11(9(12)2)13(17)18/h5-6,8,15-16H,3-4,7H2,1-2H3,(H,17,18). The molecule has 6 nitrogen and oxygen atoms in total. The third-order valence-electron chi connectivity index (χ3n) is 3.09. The van der Waals surface area contributed by atoms with Crippen LogP contribution < -0.4 is 4.72 Å². The van der Waals surface area contributed by atoms with Crippen LogP contribution in [0, 0.1) is 12.8 Å². The average molecular weight is 336 g/mol. The van der Waals surface area contributed by atoms with Crippen molar-refractivity contribution in [1.82, 2.24) is 4.72 Å². The number of carbonyl (C=O) groups is 1. The third kappa shape index (κ3) is 4.67. The summed E-state index contributed by atoms with van der Waals surface area (Å²) in [7, 11) is -3.86. The molecular weight excluding hydrogens is 318 g/mol. The van der Waals surface area contributed by atoms with Crippen LogP contribution in [0.4, 0.5) is 0 Å². The van der Waals surface area contributed by atoms with Crippen LogP contribution in [0.1, 0.15) is 29.3 Å². The number of halogens is 1. The first-order valence-electron chi connectivity index (χ1n) is 6.33. The summed E-state index contributed by atoms with van der Waals surface area (Å²) < 4.78 is 26.9. The predicted octanol–water partition coefficient (Wildman–Crippen LogP) is 1.64. The number of carboxylic acid groups (broad SMARTS) is 1. The SMILES string of the molecule is Cc1c(C(=O)O)cc(Cl)cc1S(=O)(=O)NCC(C)CCO. The van der Waals surface area contributed by atoms with Crippen molar-refractivity contribution in [1.29, 1.82) is 0 Å². The second-order valence-electron chi connectivity index (χ2n) is 4.85. The van der Waals surface area contributed by atoms with E-state index in [1.807, 2.05) is 0 Å². The van der Waals surface area contributed by atoms with E-state index < -0.39 is 16.0 Å². The molecule has 21 heavy (non-hydrogen) atoms. The molecule has 3 N–H and O–H groups in total. The van der Waals surface area contributed by atoms with Gasteiger partial charge in [-0.05, 0) is 37.0 Å². The minimum atomic E-state index is -3.86. The Morgan fingerprint density at radius 1 is 1.43 bits per heavy atom. The molecule has 0 aliphatic heterocycles.